The van der Waals surface area contributed by atoms with Crippen LogP contribution in [0.4, 0.5) is 13.2 Å². The Kier molecular flexibility index (Phi) is 2.87. The first-order chi connectivity index (χ1) is 5.95. The van der Waals surface area contributed by atoms with E-state index in [4.69, 9.17) is 5.11 Å². The van der Waals surface area contributed by atoms with E-state index in [9.17, 15) is 13.2 Å². The molecule has 0 amide bonds. The van der Waals surface area contributed by atoms with Crippen molar-refractivity contribution in [3.05, 3.63) is 0 Å². The second-order valence-corrected chi connectivity index (χ2v) is 3.55. The predicted octanol–water partition coefficient (Wildman–Crippen LogP) is 1.25. The molecule has 0 aromatic rings. The molecular weight excluding hydrogens is 183 g/mol. The summed E-state index contributed by atoms with van der Waals surface area (Å²) in [6.45, 7) is 1.99. The normalized spacial score (nSPS) is 31.2. The van der Waals surface area contributed by atoms with Crippen LogP contribution in [0.3, 0.4) is 0 Å². The summed E-state index contributed by atoms with van der Waals surface area (Å²) in [5.74, 6) is 0. The van der Waals surface area contributed by atoms with Crippen LogP contribution < -0.4 is 0 Å². The van der Waals surface area contributed by atoms with Gasteiger partial charge in [-0.15, -0.1) is 0 Å². The molecule has 5 heteroatoms. The van der Waals surface area contributed by atoms with Crippen LogP contribution in [0.25, 0.3) is 0 Å². The van der Waals surface area contributed by atoms with Gasteiger partial charge in [0.15, 0.2) is 0 Å². The average Bonchev–Trinajstić information content (AvgIpc) is 2.47. The fourth-order valence-corrected chi connectivity index (χ4v) is 1.68. The second-order valence-electron chi connectivity index (χ2n) is 3.55. The first-order valence-corrected chi connectivity index (χ1v) is 4.35. The zero-order valence-corrected chi connectivity index (χ0v) is 7.56. The molecule has 13 heavy (non-hydrogen) atoms. The van der Waals surface area contributed by atoms with Crippen molar-refractivity contribution < 1.29 is 18.3 Å². The molecule has 0 spiro atoms. The Labute approximate surface area is 75.3 Å². The Bertz CT molecular complexity index is 183. The van der Waals surface area contributed by atoms with Crippen molar-refractivity contribution in [1.29, 1.82) is 0 Å². The molecule has 78 valence electrons. The Morgan fingerprint density at radius 2 is 2.08 bits per heavy atom. The topological polar surface area (TPSA) is 23.5 Å². The second kappa shape index (κ2) is 3.46. The van der Waals surface area contributed by atoms with E-state index < -0.39 is 18.2 Å². The molecule has 0 aromatic carbocycles. The zero-order valence-electron chi connectivity index (χ0n) is 7.56. The van der Waals surface area contributed by atoms with Gasteiger partial charge in [0.05, 0.1) is 6.61 Å². The molecule has 1 aliphatic rings. The number of likely N-dealkylation sites (tertiary alicyclic amines) is 1. The number of aliphatic hydroxyl groups is 1. The Morgan fingerprint density at radius 3 is 2.31 bits per heavy atom. The lowest BCUT2D eigenvalue weighted by molar-refractivity contribution is -0.230. The third kappa shape index (κ3) is 1.81. The van der Waals surface area contributed by atoms with Gasteiger partial charge >= 0.3 is 6.18 Å². The van der Waals surface area contributed by atoms with Crippen LogP contribution >= 0.6 is 0 Å². The summed E-state index contributed by atoms with van der Waals surface area (Å²) in [7, 11) is 0. The van der Waals surface area contributed by atoms with Crippen molar-refractivity contribution in [2.75, 3.05) is 26.2 Å². The van der Waals surface area contributed by atoms with Crippen LogP contribution in [0.1, 0.15) is 13.3 Å². The monoisotopic (exact) mass is 197 g/mol. The molecule has 1 aliphatic heterocycles. The van der Waals surface area contributed by atoms with Gasteiger partial charge in [-0.05, 0) is 19.5 Å². The quantitative estimate of drug-likeness (QED) is 0.720. The molecule has 0 aromatic heterocycles. The van der Waals surface area contributed by atoms with Crippen molar-refractivity contribution in [1.82, 2.24) is 4.90 Å². The number of hydrogen-bond acceptors (Lipinski definition) is 2. The molecule has 0 bridgehead atoms. The number of halogens is 3. The molecule has 0 aliphatic carbocycles. The maximum Gasteiger partial charge on any atom is 0.397 e. The molecule has 1 saturated heterocycles. The first kappa shape index (κ1) is 10.8. The van der Waals surface area contributed by atoms with Gasteiger partial charge in [0.2, 0.25) is 0 Å². The van der Waals surface area contributed by atoms with Crippen molar-refractivity contribution in [3.8, 4) is 0 Å². The average molecular weight is 197 g/mol. The molecule has 1 fully saturated rings. The van der Waals surface area contributed by atoms with E-state index in [1.165, 1.54) is 0 Å². The highest BCUT2D eigenvalue weighted by Gasteiger charge is 2.57. The largest absolute Gasteiger partial charge is 0.397 e. The number of nitrogens with zero attached hydrogens (tertiary/aromatic N) is 1. The fraction of sp³-hybridized carbons (Fsp3) is 1.00. The molecule has 1 N–H and O–H groups in total. The smallest absolute Gasteiger partial charge is 0.395 e. The summed E-state index contributed by atoms with van der Waals surface area (Å²) < 4.78 is 37.6. The Balaban J connectivity index is 2.74. The van der Waals surface area contributed by atoms with Crippen LogP contribution in [0.2, 0.25) is 0 Å². The molecule has 2 nitrogen and oxygen atoms in total. The third-order valence-electron chi connectivity index (χ3n) is 2.78. The van der Waals surface area contributed by atoms with Gasteiger partial charge in [-0.2, -0.15) is 13.2 Å². The summed E-state index contributed by atoms with van der Waals surface area (Å²) in [5.41, 5.74) is -1.87. The minimum Gasteiger partial charge on any atom is -0.395 e. The number of rotatable bonds is 2. The van der Waals surface area contributed by atoms with E-state index in [1.54, 1.807) is 4.90 Å². The Morgan fingerprint density at radius 1 is 1.46 bits per heavy atom. The van der Waals surface area contributed by atoms with E-state index in [2.05, 4.69) is 0 Å². The highest BCUT2D eigenvalue weighted by Crippen LogP contribution is 2.44. The van der Waals surface area contributed by atoms with Gasteiger partial charge in [0.1, 0.15) is 5.41 Å². The summed E-state index contributed by atoms with van der Waals surface area (Å²) in [6, 6.07) is 0. The van der Waals surface area contributed by atoms with Gasteiger partial charge in [0.25, 0.3) is 0 Å². The molecule has 1 atom stereocenters. The lowest BCUT2D eigenvalue weighted by Gasteiger charge is -2.29. The third-order valence-corrected chi connectivity index (χ3v) is 2.78. The minimum absolute atomic E-state index is 0.0147. The molecule has 0 saturated carbocycles. The maximum absolute atomic E-state index is 12.5. The molecular formula is C8H14F3NO. The van der Waals surface area contributed by atoms with Crippen LogP contribution in [-0.4, -0.2) is 42.4 Å². The van der Waals surface area contributed by atoms with E-state index in [-0.39, 0.29) is 13.0 Å². The van der Waals surface area contributed by atoms with Gasteiger partial charge in [0, 0.05) is 6.54 Å². The maximum atomic E-state index is 12.5. The summed E-state index contributed by atoms with van der Waals surface area (Å²) in [4.78, 5) is 1.71. The number of hydrogen-bond donors (Lipinski definition) is 1. The van der Waals surface area contributed by atoms with E-state index >= 15 is 0 Å². The summed E-state index contributed by atoms with van der Waals surface area (Å²) in [5, 5.41) is 8.82. The molecule has 1 heterocycles. The van der Waals surface area contributed by atoms with Crippen LogP contribution in [-0.2, 0) is 0 Å². The van der Waals surface area contributed by atoms with Crippen molar-refractivity contribution in [2.24, 2.45) is 5.41 Å². The number of aliphatic hydroxyl groups excluding tert-OH is 1. The van der Waals surface area contributed by atoms with E-state index in [0.29, 0.717) is 13.1 Å². The van der Waals surface area contributed by atoms with Crippen LogP contribution in [0.15, 0.2) is 0 Å². The fourth-order valence-electron chi connectivity index (χ4n) is 1.68. The minimum atomic E-state index is -4.29. The SMILES string of the molecule is CCN1CCC(CO)(C(F)(F)F)C1. The molecule has 0 radical (unpaired) electrons. The van der Waals surface area contributed by atoms with Crippen LogP contribution in [0.5, 0.6) is 0 Å². The highest BCUT2D eigenvalue weighted by atomic mass is 19.4. The number of alkyl halides is 3. The zero-order chi connectivity index (χ0) is 10.1. The lowest BCUT2D eigenvalue weighted by Crippen LogP contribution is -2.43. The summed E-state index contributed by atoms with van der Waals surface area (Å²) in [6.07, 6.45) is -4.27. The van der Waals surface area contributed by atoms with Crippen molar-refractivity contribution in [3.63, 3.8) is 0 Å². The van der Waals surface area contributed by atoms with Gasteiger partial charge in [-0.1, -0.05) is 6.92 Å². The van der Waals surface area contributed by atoms with Gasteiger partial charge in [-0.25, -0.2) is 0 Å². The molecule has 1 unspecified atom stereocenters. The predicted molar refractivity (Wildman–Crippen MR) is 42.3 cm³/mol. The standard InChI is InChI=1S/C8H14F3NO/c1-2-12-4-3-7(5-12,6-13)8(9,10)11/h13H,2-6H2,1H3. The van der Waals surface area contributed by atoms with Gasteiger partial charge in [-0.3, -0.25) is 0 Å². The highest BCUT2D eigenvalue weighted by molar-refractivity contribution is 4.94. The first-order valence-electron chi connectivity index (χ1n) is 4.35. The van der Waals surface area contributed by atoms with E-state index in [0.717, 1.165) is 0 Å². The van der Waals surface area contributed by atoms with E-state index in [1.807, 2.05) is 6.92 Å². The van der Waals surface area contributed by atoms with Gasteiger partial charge < -0.3 is 10.0 Å². The molecule has 1 rings (SSSR count). The lowest BCUT2D eigenvalue weighted by atomic mass is 9.87. The van der Waals surface area contributed by atoms with Crippen LogP contribution in [0, 0.1) is 5.41 Å². The summed E-state index contributed by atoms with van der Waals surface area (Å²) >= 11 is 0. The Hall–Kier alpha value is -0.290. The van der Waals surface area contributed by atoms with Crippen molar-refractivity contribution in [2.45, 2.75) is 19.5 Å². The van der Waals surface area contributed by atoms with Crippen molar-refractivity contribution >= 4 is 0 Å².